The topological polar surface area (TPSA) is 103 Å². The first-order valence-electron chi connectivity index (χ1n) is 9.98. The number of carbonyl (C=O) groups is 1. The number of rotatable bonds is 7. The van der Waals surface area contributed by atoms with Crippen LogP contribution in [0.3, 0.4) is 0 Å². The first kappa shape index (κ1) is 20.6. The van der Waals surface area contributed by atoms with Crippen LogP contribution >= 0.6 is 0 Å². The minimum Gasteiger partial charge on any atom is -0.493 e. The minimum absolute atomic E-state index is 0.0119. The second-order valence-electron chi connectivity index (χ2n) is 7.21. The van der Waals surface area contributed by atoms with E-state index in [9.17, 15) is 9.59 Å². The van der Waals surface area contributed by atoms with Crippen LogP contribution in [0.15, 0.2) is 47.3 Å². The van der Waals surface area contributed by atoms with Gasteiger partial charge in [-0.1, -0.05) is 30.3 Å². The molecule has 0 bridgehead atoms. The molecule has 0 unspecified atom stereocenters. The van der Waals surface area contributed by atoms with Crippen molar-refractivity contribution < 1.29 is 23.7 Å². The molecule has 31 heavy (non-hydrogen) atoms. The van der Waals surface area contributed by atoms with Gasteiger partial charge >= 0.3 is 5.97 Å². The van der Waals surface area contributed by atoms with Crippen LogP contribution in [0.1, 0.15) is 34.7 Å². The third-order valence-corrected chi connectivity index (χ3v) is 5.32. The van der Waals surface area contributed by atoms with Crippen molar-refractivity contribution in [3.05, 3.63) is 75.2 Å². The van der Waals surface area contributed by atoms with Gasteiger partial charge in [-0.05, 0) is 23.3 Å². The van der Waals surface area contributed by atoms with Gasteiger partial charge in [0.25, 0.3) is 5.56 Å². The molecule has 8 nitrogen and oxygen atoms in total. The fraction of sp³-hybridized carbons (Fsp3) is 0.304. The smallest absolute Gasteiger partial charge is 0.306 e. The SMILES string of the molecule is COC(=O)C[C@@H](c1cc(OC)c2c(c1)OCCO2)c1c(Cc2ccccc2)[nH][nH]c1=O. The Morgan fingerprint density at radius 2 is 1.87 bits per heavy atom. The summed E-state index contributed by atoms with van der Waals surface area (Å²) in [5.74, 6) is 0.531. The molecule has 0 saturated heterocycles. The number of aromatic nitrogens is 2. The number of H-pyrrole nitrogens is 2. The molecule has 2 N–H and O–H groups in total. The average molecular weight is 424 g/mol. The van der Waals surface area contributed by atoms with Gasteiger partial charge in [-0.3, -0.25) is 14.7 Å². The van der Waals surface area contributed by atoms with E-state index in [0.29, 0.717) is 53.7 Å². The normalized spacial score (nSPS) is 13.5. The zero-order valence-electron chi connectivity index (χ0n) is 17.4. The molecule has 162 valence electrons. The Morgan fingerprint density at radius 1 is 1.10 bits per heavy atom. The maximum Gasteiger partial charge on any atom is 0.306 e. The fourth-order valence-electron chi connectivity index (χ4n) is 3.84. The van der Waals surface area contributed by atoms with Gasteiger partial charge in [0.2, 0.25) is 5.75 Å². The van der Waals surface area contributed by atoms with Crippen molar-refractivity contribution in [1.29, 1.82) is 0 Å². The van der Waals surface area contributed by atoms with Crippen LogP contribution in [0.5, 0.6) is 17.2 Å². The molecule has 1 aliphatic rings. The Bertz CT molecular complexity index is 1100. The van der Waals surface area contributed by atoms with Crippen molar-refractivity contribution in [2.75, 3.05) is 27.4 Å². The lowest BCUT2D eigenvalue weighted by atomic mass is 9.87. The first-order valence-corrected chi connectivity index (χ1v) is 9.98. The van der Waals surface area contributed by atoms with Crippen LogP contribution < -0.4 is 19.8 Å². The van der Waals surface area contributed by atoms with Crippen LogP contribution in [0.4, 0.5) is 0 Å². The summed E-state index contributed by atoms with van der Waals surface area (Å²) < 4.78 is 21.8. The third-order valence-electron chi connectivity index (χ3n) is 5.32. The minimum atomic E-state index is -0.564. The molecule has 2 aromatic carbocycles. The number of hydrogen-bond donors (Lipinski definition) is 2. The second-order valence-corrected chi connectivity index (χ2v) is 7.21. The fourth-order valence-corrected chi connectivity index (χ4v) is 3.84. The third kappa shape index (κ3) is 4.28. The predicted molar refractivity (Wildman–Crippen MR) is 113 cm³/mol. The Kier molecular flexibility index (Phi) is 5.97. The van der Waals surface area contributed by atoms with E-state index in [1.165, 1.54) is 14.2 Å². The van der Waals surface area contributed by atoms with Gasteiger partial charge in [0, 0.05) is 23.6 Å². The standard InChI is InChI=1S/C23H24N2O6/c1-28-18-11-15(12-19-22(18)31-9-8-30-19)16(13-20(26)29-2)21-17(24-25-23(21)27)10-14-6-4-3-5-7-14/h3-7,11-12,16H,8-10,13H2,1-2H3,(H2,24,25,27)/t16-/m0/s1. The molecule has 2 heterocycles. The molecule has 0 radical (unpaired) electrons. The van der Waals surface area contributed by atoms with Crippen LogP contribution in [0.2, 0.25) is 0 Å². The van der Waals surface area contributed by atoms with Gasteiger partial charge < -0.3 is 24.0 Å². The van der Waals surface area contributed by atoms with Gasteiger partial charge in [-0.15, -0.1) is 0 Å². The lowest BCUT2D eigenvalue weighted by Crippen LogP contribution is -2.20. The summed E-state index contributed by atoms with van der Waals surface area (Å²) in [6, 6.07) is 13.4. The molecule has 0 saturated carbocycles. The maximum absolute atomic E-state index is 12.8. The number of ether oxygens (including phenoxy) is 4. The Balaban J connectivity index is 1.81. The second kappa shape index (κ2) is 8.99. The monoisotopic (exact) mass is 424 g/mol. The van der Waals surface area contributed by atoms with E-state index in [4.69, 9.17) is 18.9 Å². The number of methoxy groups -OCH3 is 2. The summed E-state index contributed by atoms with van der Waals surface area (Å²) in [6.45, 7) is 0.832. The summed E-state index contributed by atoms with van der Waals surface area (Å²) in [7, 11) is 2.87. The number of carbonyl (C=O) groups excluding carboxylic acids is 1. The van der Waals surface area contributed by atoms with Crippen molar-refractivity contribution >= 4 is 5.97 Å². The van der Waals surface area contributed by atoms with Gasteiger partial charge in [0.05, 0.1) is 20.6 Å². The highest BCUT2D eigenvalue weighted by Crippen LogP contribution is 2.43. The Hall–Kier alpha value is -3.68. The molecular weight excluding hydrogens is 400 g/mol. The number of aromatic amines is 2. The maximum atomic E-state index is 12.8. The van der Waals surface area contributed by atoms with Gasteiger partial charge in [0.1, 0.15) is 13.2 Å². The van der Waals surface area contributed by atoms with Crippen LogP contribution in [0.25, 0.3) is 0 Å². The van der Waals surface area contributed by atoms with E-state index < -0.39 is 11.9 Å². The number of hydrogen-bond acceptors (Lipinski definition) is 6. The van der Waals surface area contributed by atoms with Crippen molar-refractivity contribution in [3.8, 4) is 17.2 Å². The van der Waals surface area contributed by atoms with E-state index in [-0.39, 0.29) is 12.0 Å². The summed E-state index contributed by atoms with van der Waals surface area (Å²) in [5.41, 5.74) is 2.64. The first-order chi connectivity index (χ1) is 15.1. The number of fused-ring (bicyclic) bond motifs is 1. The largest absolute Gasteiger partial charge is 0.493 e. The summed E-state index contributed by atoms with van der Waals surface area (Å²) in [5, 5.41) is 5.65. The quantitative estimate of drug-likeness (QED) is 0.566. The zero-order chi connectivity index (χ0) is 21.8. The van der Waals surface area contributed by atoms with Crippen molar-refractivity contribution in [2.24, 2.45) is 0 Å². The van der Waals surface area contributed by atoms with Crippen LogP contribution in [-0.4, -0.2) is 43.6 Å². The molecule has 0 amide bonds. The molecule has 3 aromatic rings. The summed E-state index contributed by atoms with van der Waals surface area (Å²) in [6.07, 6.45) is 0.496. The molecule has 1 aliphatic heterocycles. The van der Waals surface area contributed by atoms with E-state index >= 15 is 0 Å². The van der Waals surface area contributed by atoms with Gasteiger partial charge in [-0.2, -0.15) is 0 Å². The molecule has 0 fully saturated rings. The van der Waals surface area contributed by atoms with E-state index in [1.807, 2.05) is 30.3 Å². The zero-order valence-corrected chi connectivity index (χ0v) is 17.4. The van der Waals surface area contributed by atoms with Crippen LogP contribution in [-0.2, 0) is 16.0 Å². The molecular formula is C23H24N2O6. The highest BCUT2D eigenvalue weighted by molar-refractivity contribution is 5.72. The number of esters is 1. The molecule has 0 spiro atoms. The molecule has 8 heteroatoms. The lowest BCUT2D eigenvalue weighted by molar-refractivity contribution is -0.140. The number of benzene rings is 2. The molecule has 4 rings (SSSR count). The van der Waals surface area contributed by atoms with E-state index in [2.05, 4.69) is 10.2 Å². The molecule has 1 aromatic heterocycles. The predicted octanol–water partition coefficient (Wildman–Crippen LogP) is 2.77. The van der Waals surface area contributed by atoms with E-state index in [0.717, 1.165) is 5.56 Å². The molecule has 1 atom stereocenters. The summed E-state index contributed by atoms with van der Waals surface area (Å²) in [4.78, 5) is 25.1. The molecule has 0 aliphatic carbocycles. The van der Waals surface area contributed by atoms with Gasteiger partial charge in [-0.25, -0.2) is 0 Å². The summed E-state index contributed by atoms with van der Waals surface area (Å²) >= 11 is 0. The van der Waals surface area contributed by atoms with Crippen molar-refractivity contribution in [2.45, 2.75) is 18.8 Å². The highest BCUT2D eigenvalue weighted by atomic mass is 16.6. The lowest BCUT2D eigenvalue weighted by Gasteiger charge is -2.24. The average Bonchev–Trinajstić information content (AvgIpc) is 3.16. The Labute approximate surface area is 179 Å². The number of nitrogens with one attached hydrogen (secondary N) is 2. The van der Waals surface area contributed by atoms with Gasteiger partial charge in [0.15, 0.2) is 11.5 Å². The van der Waals surface area contributed by atoms with Crippen LogP contribution in [0, 0.1) is 0 Å². The highest BCUT2D eigenvalue weighted by Gasteiger charge is 2.29. The Morgan fingerprint density at radius 3 is 2.61 bits per heavy atom. The van der Waals surface area contributed by atoms with Crippen molar-refractivity contribution in [1.82, 2.24) is 10.2 Å². The van der Waals surface area contributed by atoms with E-state index in [1.54, 1.807) is 12.1 Å². The van der Waals surface area contributed by atoms with Crippen molar-refractivity contribution in [3.63, 3.8) is 0 Å².